The third-order valence-electron chi connectivity index (χ3n) is 7.39. The minimum atomic E-state index is -1.10. The highest BCUT2D eigenvalue weighted by Gasteiger charge is 2.38. The Morgan fingerprint density at radius 2 is 1.75 bits per heavy atom. The van der Waals surface area contributed by atoms with Crippen LogP contribution in [0.2, 0.25) is 0 Å². The zero-order valence-corrected chi connectivity index (χ0v) is 24.0. The fourth-order valence-electron chi connectivity index (χ4n) is 5.07. The summed E-state index contributed by atoms with van der Waals surface area (Å²) in [4.78, 5) is 41.9. The van der Waals surface area contributed by atoms with E-state index in [1.807, 2.05) is 26.0 Å². The van der Waals surface area contributed by atoms with E-state index in [0.29, 0.717) is 22.7 Å². The molecule has 1 aliphatic rings. The summed E-state index contributed by atoms with van der Waals surface area (Å²) in [6.45, 7) is 3.82. The molecule has 2 aromatic carbocycles. The van der Waals surface area contributed by atoms with Crippen molar-refractivity contribution in [3.63, 3.8) is 0 Å². The molecule has 5 N–H and O–H groups in total. The van der Waals surface area contributed by atoms with Gasteiger partial charge in [0.2, 0.25) is 5.91 Å². The smallest absolute Gasteiger partial charge is 0.273 e. The van der Waals surface area contributed by atoms with Crippen LogP contribution < -0.4 is 31.2 Å². The number of nitrogens with one attached hydrogen (secondary N) is 1. The van der Waals surface area contributed by atoms with Crippen molar-refractivity contribution >= 4 is 40.6 Å². The number of carbonyl (C=O) groups is 3. The van der Waals surface area contributed by atoms with E-state index in [0.717, 1.165) is 54.8 Å². The van der Waals surface area contributed by atoms with E-state index >= 15 is 0 Å². The number of nitrogens with zero attached hydrogens (tertiary/aromatic N) is 2. The highest BCUT2D eigenvalue weighted by Crippen LogP contribution is 2.38. The maximum Gasteiger partial charge on any atom is 0.273 e. The molecular formula is C29H35N5O5S. The number of nitrogens with two attached hydrogens (primary N) is 2. The Kier molecular flexibility index (Phi) is 8.93. The van der Waals surface area contributed by atoms with E-state index < -0.39 is 17.9 Å². The number of rotatable bonds is 9. The second kappa shape index (κ2) is 12.4. The van der Waals surface area contributed by atoms with E-state index in [-0.39, 0.29) is 28.2 Å². The van der Waals surface area contributed by atoms with Gasteiger partial charge in [-0.25, -0.2) is 0 Å². The number of benzene rings is 2. The highest BCUT2D eigenvalue weighted by atomic mass is 32.1. The van der Waals surface area contributed by atoms with Crippen LogP contribution in [0.1, 0.15) is 75.0 Å². The van der Waals surface area contributed by atoms with Crippen LogP contribution in [-0.4, -0.2) is 42.4 Å². The van der Waals surface area contributed by atoms with Crippen LogP contribution in [-0.2, 0) is 4.79 Å². The summed E-state index contributed by atoms with van der Waals surface area (Å²) in [6.07, 6.45) is 4.92. The molecule has 0 bridgehead atoms. The summed E-state index contributed by atoms with van der Waals surface area (Å²) in [5.41, 5.74) is 14.1. The number of primary amides is 1. The quantitative estimate of drug-likeness (QED) is 0.350. The molecule has 1 fully saturated rings. The first-order valence-corrected chi connectivity index (χ1v) is 13.9. The Morgan fingerprint density at radius 1 is 1.05 bits per heavy atom. The number of aromatic nitrogens is 1. The maximum atomic E-state index is 14.4. The Bertz CT molecular complexity index is 1420. The number of anilines is 2. The summed E-state index contributed by atoms with van der Waals surface area (Å²) < 4.78 is 15.0. The molecule has 1 aliphatic carbocycles. The van der Waals surface area contributed by atoms with Crippen molar-refractivity contribution in [3.05, 3.63) is 63.7 Å². The van der Waals surface area contributed by atoms with Crippen LogP contribution in [0.3, 0.4) is 0 Å². The van der Waals surface area contributed by atoms with Crippen molar-refractivity contribution in [2.24, 2.45) is 5.73 Å². The van der Waals surface area contributed by atoms with Crippen LogP contribution in [0, 0.1) is 13.8 Å². The molecule has 0 unspecified atom stereocenters. The van der Waals surface area contributed by atoms with Crippen molar-refractivity contribution in [1.82, 2.24) is 9.69 Å². The lowest BCUT2D eigenvalue weighted by molar-refractivity contribution is -0.123. The summed E-state index contributed by atoms with van der Waals surface area (Å²) in [7, 11) is 3.04. The van der Waals surface area contributed by atoms with Gasteiger partial charge in [-0.15, -0.1) is 0 Å². The molecule has 212 valence electrons. The van der Waals surface area contributed by atoms with E-state index in [1.54, 1.807) is 24.3 Å². The standard InChI is InChI=1S/C29H35N5O5S/c1-16-9-8-12-20(17(16)2)34(29(37)26-23(30)24(27(31)35)33-40-26)25(28(36)32-19-10-6-5-7-11-19)18-13-14-21(38-3)22(15-18)39-4/h8-9,12-15,19,25H,5-7,10-11,30H2,1-4H3,(H2,31,35)(H,32,36)/t25-/m0/s1. The minimum absolute atomic E-state index is 0.00519. The molecule has 1 atom stereocenters. The maximum absolute atomic E-state index is 14.4. The van der Waals surface area contributed by atoms with E-state index in [9.17, 15) is 14.4 Å². The highest BCUT2D eigenvalue weighted by molar-refractivity contribution is 7.09. The number of ether oxygens (including phenoxy) is 2. The summed E-state index contributed by atoms with van der Waals surface area (Å²) in [6, 6.07) is 9.57. The number of aryl methyl sites for hydroxylation is 1. The van der Waals surface area contributed by atoms with Crippen molar-refractivity contribution in [3.8, 4) is 11.5 Å². The number of nitrogen functional groups attached to an aromatic ring is 1. The second-order valence-electron chi connectivity index (χ2n) is 9.89. The van der Waals surface area contributed by atoms with Gasteiger partial charge < -0.3 is 26.3 Å². The zero-order chi connectivity index (χ0) is 29.0. The fraction of sp³-hybridized carbons (Fsp3) is 0.379. The van der Waals surface area contributed by atoms with Crippen LogP contribution in [0.15, 0.2) is 36.4 Å². The SMILES string of the molecule is COc1ccc([C@@H](C(=O)NC2CCCCC2)N(C(=O)c2snc(C(N)=O)c2N)c2cccc(C)c2C)cc1OC. The van der Waals surface area contributed by atoms with Crippen LogP contribution in [0.25, 0.3) is 0 Å². The molecule has 11 heteroatoms. The molecule has 0 saturated heterocycles. The minimum Gasteiger partial charge on any atom is -0.493 e. The van der Waals surface area contributed by atoms with Crippen LogP contribution in [0.4, 0.5) is 11.4 Å². The lowest BCUT2D eigenvalue weighted by atomic mass is 9.94. The van der Waals surface area contributed by atoms with E-state index in [1.165, 1.54) is 19.1 Å². The van der Waals surface area contributed by atoms with Gasteiger partial charge in [0.05, 0.1) is 19.9 Å². The number of methoxy groups -OCH3 is 2. The predicted octanol–water partition coefficient (Wildman–Crippen LogP) is 4.30. The zero-order valence-electron chi connectivity index (χ0n) is 23.2. The molecule has 0 spiro atoms. The predicted molar refractivity (Wildman–Crippen MR) is 155 cm³/mol. The Morgan fingerprint density at radius 3 is 2.38 bits per heavy atom. The van der Waals surface area contributed by atoms with Crippen molar-refractivity contribution in [1.29, 1.82) is 0 Å². The van der Waals surface area contributed by atoms with Gasteiger partial charge in [-0.1, -0.05) is 37.5 Å². The number of carbonyl (C=O) groups excluding carboxylic acids is 3. The van der Waals surface area contributed by atoms with Gasteiger partial charge >= 0.3 is 0 Å². The summed E-state index contributed by atoms with van der Waals surface area (Å²) in [5.74, 6) is -0.851. The van der Waals surface area contributed by atoms with Crippen molar-refractivity contribution in [2.45, 2.75) is 58.0 Å². The summed E-state index contributed by atoms with van der Waals surface area (Å²) in [5, 5.41) is 3.19. The summed E-state index contributed by atoms with van der Waals surface area (Å²) >= 11 is 0.776. The molecule has 1 aromatic heterocycles. The average Bonchev–Trinajstić information content (AvgIpc) is 3.34. The lowest BCUT2D eigenvalue weighted by Gasteiger charge is -2.34. The van der Waals surface area contributed by atoms with Gasteiger partial charge in [-0.3, -0.25) is 19.3 Å². The molecule has 1 saturated carbocycles. The normalized spacial score (nSPS) is 14.3. The Labute approximate surface area is 237 Å². The van der Waals surface area contributed by atoms with Gasteiger partial charge in [-0.05, 0) is 73.1 Å². The first-order valence-electron chi connectivity index (χ1n) is 13.1. The van der Waals surface area contributed by atoms with E-state index in [2.05, 4.69) is 9.69 Å². The molecule has 3 amide bonds. The number of hydrogen-bond donors (Lipinski definition) is 3. The first-order chi connectivity index (χ1) is 19.2. The number of amides is 3. The monoisotopic (exact) mass is 565 g/mol. The van der Waals surface area contributed by atoms with Gasteiger partial charge in [0.1, 0.15) is 10.9 Å². The van der Waals surface area contributed by atoms with Crippen molar-refractivity contribution in [2.75, 3.05) is 24.9 Å². The van der Waals surface area contributed by atoms with Gasteiger partial charge in [-0.2, -0.15) is 4.37 Å². The third kappa shape index (κ3) is 5.74. The third-order valence-corrected chi connectivity index (χ3v) is 8.24. The largest absolute Gasteiger partial charge is 0.493 e. The molecule has 4 rings (SSSR count). The molecule has 40 heavy (non-hydrogen) atoms. The van der Waals surface area contributed by atoms with Crippen LogP contribution in [0.5, 0.6) is 11.5 Å². The average molecular weight is 566 g/mol. The molecule has 0 radical (unpaired) electrons. The van der Waals surface area contributed by atoms with Gasteiger partial charge in [0.15, 0.2) is 17.2 Å². The first kappa shape index (κ1) is 28.9. The fourth-order valence-corrected chi connectivity index (χ4v) is 5.81. The molecular weight excluding hydrogens is 530 g/mol. The lowest BCUT2D eigenvalue weighted by Crippen LogP contribution is -2.47. The molecule has 0 aliphatic heterocycles. The molecule has 1 heterocycles. The Balaban J connectivity index is 1.93. The van der Waals surface area contributed by atoms with E-state index in [4.69, 9.17) is 20.9 Å². The molecule has 3 aromatic rings. The van der Waals surface area contributed by atoms with Gasteiger partial charge in [0.25, 0.3) is 11.8 Å². The topological polar surface area (TPSA) is 150 Å². The van der Waals surface area contributed by atoms with Gasteiger partial charge in [0, 0.05) is 11.7 Å². The second-order valence-corrected chi connectivity index (χ2v) is 10.7. The van der Waals surface area contributed by atoms with Crippen molar-refractivity contribution < 1.29 is 23.9 Å². The van der Waals surface area contributed by atoms with Crippen LogP contribution >= 0.6 is 11.5 Å². The number of hydrogen-bond acceptors (Lipinski definition) is 8. The Hall–Kier alpha value is -4.12. The molecule has 10 nitrogen and oxygen atoms in total.